The maximum atomic E-state index is 13.0. The molecule has 2 amide bonds. The monoisotopic (exact) mass is 451 g/mol. The fraction of sp³-hybridized carbons (Fsp3) is 0.0435. The third-order valence-corrected chi connectivity index (χ3v) is 5.43. The molecule has 0 saturated carbocycles. The maximum absolute atomic E-state index is 13.0. The van der Waals surface area contributed by atoms with Crippen molar-refractivity contribution in [1.29, 1.82) is 0 Å². The molecule has 0 saturated heterocycles. The van der Waals surface area contributed by atoms with Crippen molar-refractivity contribution in [3.63, 3.8) is 0 Å². The summed E-state index contributed by atoms with van der Waals surface area (Å²) in [5, 5.41) is 6.16. The Hall–Kier alpha value is -3.48. The minimum absolute atomic E-state index is 0.0567. The zero-order valence-electron chi connectivity index (χ0n) is 16.0. The van der Waals surface area contributed by atoms with Crippen LogP contribution in [-0.2, 0) is 11.3 Å². The first-order chi connectivity index (χ1) is 14.9. The standard InChI is InChI=1S/C23H15Cl2N3O3/c24-18-5-3-13(9-19(18)25)8-17-21(29)16-10-15(4-6-20(16)28-23(17)31)22(30)27-12-14-2-1-7-26-11-14/h1-11H,12H2,(H,27,30)(H,28,31)/b17-8+. The van der Waals surface area contributed by atoms with Gasteiger partial charge in [0.15, 0.2) is 0 Å². The van der Waals surface area contributed by atoms with Gasteiger partial charge in [0.1, 0.15) is 0 Å². The normalized spacial score (nSPS) is 14.2. The average Bonchev–Trinajstić information content (AvgIpc) is 2.78. The number of fused-ring (bicyclic) bond motifs is 1. The smallest absolute Gasteiger partial charge is 0.259 e. The number of nitrogens with one attached hydrogen (secondary N) is 2. The van der Waals surface area contributed by atoms with Gasteiger partial charge < -0.3 is 10.6 Å². The Morgan fingerprint density at radius 2 is 1.90 bits per heavy atom. The van der Waals surface area contributed by atoms with Crippen LogP contribution in [0.2, 0.25) is 10.0 Å². The quantitative estimate of drug-likeness (QED) is 0.450. The second-order valence-electron chi connectivity index (χ2n) is 6.82. The van der Waals surface area contributed by atoms with E-state index in [2.05, 4.69) is 15.6 Å². The first kappa shape index (κ1) is 20.8. The van der Waals surface area contributed by atoms with Gasteiger partial charge >= 0.3 is 0 Å². The minimum Gasteiger partial charge on any atom is -0.348 e. The second-order valence-corrected chi connectivity index (χ2v) is 7.63. The summed E-state index contributed by atoms with van der Waals surface area (Å²) in [5.74, 6) is -1.35. The maximum Gasteiger partial charge on any atom is 0.259 e. The number of hydrogen-bond donors (Lipinski definition) is 2. The van der Waals surface area contributed by atoms with Crippen LogP contribution in [0.15, 0.2) is 66.5 Å². The summed E-state index contributed by atoms with van der Waals surface area (Å²) in [5.41, 5.74) is 2.25. The highest BCUT2D eigenvalue weighted by Crippen LogP contribution is 2.29. The van der Waals surface area contributed by atoms with E-state index in [4.69, 9.17) is 23.2 Å². The molecule has 0 bridgehead atoms. The predicted molar refractivity (Wildman–Crippen MR) is 119 cm³/mol. The van der Waals surface area contributed by atoms with E-state index in [1.165, 1.54) is 12.1 Å². The van der Waals surface area contributed by atoms with Crippen molar-refractivity contribution in [3.05, 3.63) is 98.8 Å². The number of carbonyl (C=O) groups excluding carboxylic acids is 3. The summed E-state index contributed by atoms with van der Waals surface area (Å²) in [7, 11) is 0. The Bertz CT molecular complexity index is 1240. The fourth-order valence-electron chi connectivity index (χ4n) is 3.11. The molecule has 1 aromatic heterocycles. The van der Waals surface area contributed by atoms with E-state index >= 15 is 0 Å². The van der Waals surface area contributed by atoms with Crippen LogP contribution >= 0.6 is 23.2 Å². The van der Waals surface area contributed by atoms with E-state index in [0.717, 1.165) is 5.56 Å². The van der Waals surface area contributed by atoms with Gasteiger partial charge in [-0.15, -0.1) is 0 Å². The molecular formula is C23H15Cl2N3O3. The first-order valence-corrected chi connectivity index (χ1v) is 10.0. The molecule has 0 aliphatic carbocycles. The van der Waals surface area contributed by atoms with Crippen molar-refractivity contribution in [1.82, 2.24) is 10.3 Å². The molecule has 31 heavy (non-hydrogen) atoms. The Kier molecular flexibility index (Phi) is 5.84. The Labute approximate surface area is 187 Å². The molecule has 2 heterocycles. The van der Waals surface area contributed by atoms with Gasteiger partial charge in [-0.2, -0.15) is 0 Å². The van der Waals surface area contributed by atoms with Crippen molar-refractivity contribution < 1.29 is 14.4 Å². The van der Waals surface area contributed by atoms with E-state index in [-0.39, 0.29) is 17.0 Å². The molecule has 0 radical (unpaired) electrons. The number of aromatic nitrogens is 1. The van der Waals surface area contributed by atoms with Gasteiger partial charge in [0.05, 0.1) is 21.3 Å². The van der Waals surface area contributed by atoms with Crippen LogP contribution in [0.4, 0.5) is 5.69 Å². The largest absolute Gasteiger partial charge is 0.348 e. The number of rotatable bonds is 4. The minimum atomic E-state index is -0.530. The summed E-state index contributed by atoms with van der Waals surface area (Å²) in [6.07, 6.45) is 4.75. The van der Waals surface area contributed by atoms with Gasteiger partial charge in [-0.25, -0.2) is 0 Å². The third kappa shape index (κ3) is 4.50. The van der Waals surface area contributed by atoms with Crippen LogP contribution in [0.1, 0.15) is 31.8 Å². The van der Waals surface area contributed by atoms with Gasteiger partial charge in [0, 0.05) is 30.1 Å². The lowest BCUT2D eigenvalue weighted by molar-refractivity contribution is -0.112. The number of hydrogen-bond acceptors (Lipinski definition) is 4. The molecule has 0 atom stereocenters. The van der Waals surface area contributed by atoms with Crippen molar-refractivity contribution in [3.8, 4) is 0 Å². The van der Waals surface area contributed by atoms with Crippen molar-refractivity contribution in [2.24, 2.45) is 0 Å². The van der Waals surface area contributed by atoms with E-state index in [1.807, 2.05) is 6.07 Å². The molecule has 2 N–H and O–H groups in total. The number of carbonyl (C=O) groups is 3. The number of anilines is 1. The lowest BCUT2D eigenvalue weighted by atomic mass is 9.93. The number of nitrogens with zero attached hydrogens (tertiary/aromatic N) is 1. The molecule has 3 aromatic rings. The second kappa shape index (κ2) is 8.71. The van der Waals surface area contributed by atoms with Gasteiger partial charge in [-0.05, 0) is 53.6 Å². The molecule has 154 valence electrons. The lowest BCUT2D eigenvalue weighted by Gasteiger charge is -2.19. The predicted octanol–water partition coefficient (Wildman–Crippen LogP) is 4.54. The van der Waals surface area contributed by atoms with E-state index in [0.29, 0.717) is 33.4 Å². The molecule has 0 fully saturated rings. The Morgan fingerprint density at radius 3 is 2.65 bits per heavy atom. The summed E-state index contributed by atoms with van der Waals surface area (Å²) in [6, 6.07) is 13.0. The van der Waals surface area contributed by atoms with Crippen LogP contribution in [-0.4, -0.2) is 22.6 Å². The van der Waals surface area contributed by atoms with E-state index in [9.17, 15) is 14.4 Å². The Morgan fingerprint density at radius 1 is 1.06 bits per heavy atom. The third-order valence-electron chi connectivity index (χ3n) is 4.69. The number of halogens is 2. The summed E-state index contributed by atoms with van der Waals surface area (Å²) in [4.78, 5) is 42.0. The molecule has 0 unspecified atom stereocenters. The van der Waals surface area contributed by atoms with Gasteiger partial charge in [0.2, 0.25) is 5.78 Å². The summed E-state index contributed by atoms with van der Waals surface area (Å²) >= 11 is 11.9. The van der Waals surface area contributed by atoms with Crippen LogP contribution < -0.4 is 10.6 Å². The SMILES string of the molecule is O=C1Nc2ccc(C(=O)NCc3cccnc3)cc2C(=O)/C1=C\c1ccc(Cl)c(Cl)c1. The average molecular weight is 452 g/mol. The summed E-state index contributed by atoms with van der Waals surface area (Å²) < 4.78 is 0. The summed E-state index contributed by atoms with van der Waals surface area (Å²) in [6.45, 7) is 0.302. The number of benzene rings is 2. The highest BCUT2D eigenvalue weighted by molar-refractivity contribution is 6.42. The lowest BCUT2D eigenvalue weighted by Crippen LogP contribution is -2.28. The Balaban J connectivity index is 1.59. The zero-order valence-corrected chi connectivity index (χ0v) is 17.5. The molecule has 0 spiro atoms. The van der Waals surface area contributed by atoms with E-state index < -0.39 is 11.7 Å². The molecular weight excluding hydrogens is 437 g/mol. The molecule has 4 rings (SSSR count). The fourth-order valence-corrected chi connectivity index (χ4v) is 3.41. The number of Topliss-reactive ketones (excluding diaryl/α,β-unsaturated/α-hetero) is 1. The van der Waals surface area contributed by atoms with Crippen LogP contribution in [0.25, 0.3) is 6.08 Å². The van der Waals surface area contributed by atoms with Gasteiger partial charge in [-0.1, -0.05) is 35.3 Å². The first-order valence-electron chi connectivity index (χ1n) is 9.26. The van der Waals surface area contributed by atoms with Gasteiger partial charge in [-0.3, -0.25) is 19.4 Å². The van der Waals surface area contributed by atoms with Crippen molar-refractivity contribution in [2.75, 3.05) is 5.32 Å². The van der Waals surface area contributed by atoms with Crippen molar-refractivity contribution >= 4 is 52.6 Å². The molecule has 1 aliphatic heterocycles. The molecule has 1 aliphatic rings. The zero-order chi connectivity index (χ0) is 22.0. The van der Waals surface area contributed by atoms with Gasteiger partial charge in [0.25, 0.3) is 11.8 Å². The van der Waals surface area contributed by atoms with E-state index in [1.54, 1.807) is 48.8 Å². The number of amides is 2. The highest BCUT2D eigenvalue weighted by atomic mass is 35.5. The number of pyridine rings is 1. The molecule has 6 nitrogen and oxygen atoms in total. The van der Waals surface area contributed by atoms with Crippen LogP contribution in [0.5, 0.6) is 0 Å². The molecule has 8 heteroatoms. The highest BCUT2D eigenvalue weighted by Gasteiger charge is 2.29. The number of ketones is 1. The van der Waals surface area contributed by atoms with Crippen molar-refractivity contribution in [2.45, 2.75) is 6.54 Å². The topological polar surface area (TPSA) is 88.2 Å². The molecule has 2 aromatic carbocycles. The van der Waals surface area contributed by atoms with Crippen LogP contribution in [0.3, 0.4) is 0 Å². The van der Waals surface area contributed by atoms with Crippen LogP contribution in [0, 0.1) is 0 Å².